The molecule has 1 unspecified atom stereocenters. The van der Waals surface area contributed by atoms with Crippen molar-refractivity contribution in [2.75, 3.05) is 26.1 Å². The average Bonchev–Trinajstić information content (AvgIpc) is 3.15. The number of hydrogen-bond acceptors (Lipinski definition) is 3. The molecule has 1 fully saturated rings. The van der Waals surface area contributed by atoms with Gasteiger partial charge in [-0.05, 0) is 43.4 Å². The molecule has 1 atom stereocenters. The third-order valence-electron chi connectivity index (χ3n) is 3.35. The van der Waals surface area contributed by atoms with Gasteiger partial charge < -0.3 is 14.8 Å². The highest BCUT2D eigenvalue weighted by atomic mass is 79.9. The summed E-state index contributed by atoms with van der Waals surface area (Å²) < 4.78 is 11.8. The van der Waals surface area contributed by atoms with E-state index in [0.29, 0.717) is 6.04 Å². The fraction of sp³-hybridized carbons (Fsp3) is 0.571. The van der Waals surface area contributed by atoms with Crippen LogP contribution < -0.4 is 10.1 Å². The number of anilines is 1. The highest BCUT2D eigenvalue weighted by Gasteiger charge is 2.31. The molecule has 0 spiro atoms. The molecule has 0 amide bonds. The molecule has 0 bridgehead atoms. The van der Waals surface area contributed by atoms with Crippen molar-refractivity contribution in [2.24, 2.45) is 5.92 Å². The smallest absolute Gasteiger partial charge is 0.143 e. The standard InChI is InChI=1S/C14H20BrNO2/c1-9-6-11(15)7-13(18-3)14(9)16-12(8-17-2)10-4-5-10/h6-7,10,12,16H,4-5,8H2,1-3H3. The summed E-state index contributed by atoms with van der Waals surface area (Å²) >= 11 is 3.49. The molecule has 1 aliphatic carbocycles. The van der Waals surface area contributed by atoms with E-state index in [2.05, 4.69) is 34.2 Å². The monoisotopic (exact) mass is 313 g/mol. The van der Waals surface area contributed by atoms with Crippen LogP contribution >= 0.6 is 15.9 Å². The Kier molecular flexibility index (Phi) is 4.51. The molecule has 18 heavy (non-hydrogen) atoms. The van der Waals surface area contributed by atoms with Gasteiger partial charge in [-0.15, -0.1) is 0 Å². The van der Waals surface area contributed by atoms with Crippen molar-refractivity contribution in [3.8, 4) is 5.75 Å². The minimum Gasteiger partial charge on any atom is -0.495 e. The number of hydrogen-bond donors (Lipinski definition) is 1. The molecular formula is C14H20BrNO2. The first kappa shape index (κ1) is 13.7. The van der Waals surface area contributed by atoms with Crippen LogP contribution in [0, 0.1) is 12.8 Å². The topological polar surface area (TPSA) is 30.5 Å². The molecule has 1 N–H and O–H groups in total. The van der Waals surface area contributed by atoms with Crippen LogP contribution in [0.5, 0.6) is 5.75 Å². The van der Waals surface area contributed by atoms with Crippen molar-refractivity contribution in [1.82, 2.24) is 0 Å². The lowest BCUT2D eigenvalue weighted by molar-refractivity contribution is 0.179. The van der Waals surface area contributed by atoms with Gasteiger partial charge in [0.25, 0.3) is 0 Å². The molecule has 0 aliphatic heterocycles. The maximum atomic E-state index is 5.45. The van der Waals surface area contributed by atoms with E-state index in [1.807, 2.05) is 6.07 Å². The number of methoxy groups -OCH3 is 2. The van der Waals surface area contributed by atoms with Gasteiger partial charge in [-0.2, -0.15) is 0 Å². The second-order valence-corrected chi connectivity index (χ2v) is 5.76. The van der Waals surface area contributed by atoms with Gasteiger partial charge in [0, 0.05) is 11.6 Å². The summed E-state index contributed by atoms with van der Waals surface area (Å²) in [6, 6.07) is 4.47. The molecule has 1 aromatic carbocycles. The number of benzene rings is 1. The third-order valence-corrected chi connectivity index (χ3v) is 3.81. The lowest BCUT2D eigenvalue weighted by Gasteiger charge is -2.22. The Morgan fingerprint density at radius 1 is 1.39 bits per heavy atom. The van der Waals surface area contributed by atoms with Crippen LogP contribution in [-0.2, 0) is 4.74 Å². The highest BCUT2D eigenvalue weighted by Crippen LogP contribution is 2.38. The van der Waals surface area contributed by atoms with Crippen molar-refractivity contribution in [3.05, 3.63) is 22.2 Å². The molecule has 0 heterocycles. The molecule has 100 valence electrons. The zero-order valence-corrected chi connectivity index (χ0v) is 12.7. The van der Waals surface area contributed by atoms with Gasteiger partial charge in [-0.25, -0.2) is 0 Å². The largest absolute Gasteiger partial charge is 0.495 e. The normalized spacial score (nSPS) is 16.4. The molecule has 1 aliphatic rings. The summed E-state index contributed by atoms with van der Waals surface area (Å²) in [6.07, 6.45) is 2.58. The Hall–Kier alpha value is -0.740. The lowest BCUT2D eigenvalue weighted by Crippen LogP contribution is -2.27. The van der Waals surface area contributed by atoms with E-state index in [4.69, 9.17) is 9.47 Å². The molecule has 2 rings (SSSR count). The average molecular weight is 314 g/mol. The second-order valence-electron chi connectivity index (χ2n) is 4.84. The molecule has 0 saturated heterocycles. The predicted octanol–water partition coefficient (Wildman–Crippen LogP) is 3.60. The van der Waals surface area contributed by atoms with Crippen LogP contribution in [0.3, 0.4) is 0 Å². The van der Waals surface area contributed by atoms with Crippen LogP contribution in [0.25, 0.3) is 0 Å². The van der Waals surface area contributed by atoms with Gasteiger partial charge in [-0.3, -0.25) is 0 Å². The lowest BCUT2D eigenvalue weighted by atomic mass is 10.1. The van der Waals surface area contributed by atoms with Crippen molar-refractivity contribution in [3.63, 3.8) is 0 Å². The minimum atomic E-state index is 0.378. The van der Waals surface area contributed by atoms with Crippen molar-refractivity contribution >= 4 is 21.6 Å². The van der Waals surface area contributed by atoms with Gasteiger partial charge >= 0.3 is 0 Å². The van der Waals surface area contributed by atoms with Crippen LogP contribution in [0.15, 0.2) is 16.6 Å². The van der Waals surface area contributed by atoms with E-state index in [-0.39, 0.29) is 0 Å². The third kappa shape index (κ3) is 3.18. The second kappa shape index (κ2) is 5.93. The Morgan fingerprint density at radius 3 is 2.67 bits per heavy atom. The summed E-state index contributed by atoms with van der Waals surface area (Å²) in [5.74, 6) is 1.61. The van der Waals surface area contributed by atoms with Gasteiger partial charge in [0.05, 0.1) is 25.4 Å². The number of halogens is 1. The van der Waals surface area contributed by atoms with Crippen molar-refractivity contribution < 1.29 is 9.47 Å². The van der Waals surface area contributed by atoms with Gasteiger partial charge in [0.2, 0.25) is 0 Å². The van der Waals surface area contributed by atoms with E-state index in [9.17, 15) is 0 Å². The highest BCUT2D eigenvalue weighted by molar-refractivity contribution is 9.10. The predicted molar refractivity (Wildman–Crippen MR) is 77.4 cm³/mol. The minimum absolute atomic E-state index is 0.378. The summed E-state index contributed by atoms with van der Waals surface area (Å²) in [6.45, 7) is 2.83. The van der Waals surface area contributed by atoms with Crippen LogP contribution in [0.2, 0.25) is 0 Å². The first-order chi connectivity index (χ1) is 8.65. The van der Waals surface area contributed by atoms with Crippen LogP contribution in [0.4, 0.5) is 5.69 Å². The number of ether oxygens (including phenoxy) is 2. The molecular weight excluding hydrogens is 294 g/mol. The molecule has 4 heteroatoms. The van der Waals surface area contributed by atoms with E-state index < -0.39 is 0 Å². The molecule has 0 radical (unpaired) electrons. The molecule has 3 nitrogen and oxygen atoms in total. The maximum absolute atomic E-state index is 5.45. The molecule has 0 aromatic heterocycles. The van der Waals surface area contributed by atoms with Crippen molar-refractivity contribution in [1.29, 1.82) is 0 Å². The Morgan fingerprint density at radius 2 is 2.11 bits per heavy atom. The molecule has 1 saturated carbocycles. The van der Waals surface area contributed by atoms with E-state index >= 15 is 0 Å². The summed E-state index contributed by atoms with van der Waals surface area (Å²) in [7, 11) is 3.46. The van der Waals surface area contributed by atoms with E-state index in [0.717, 1.165) is 28.4 Å². The number of nitrogens with one attached hydrogen (secondary N) is 1. The Bertz CT molecular complexity index is 419. The van der Waals surface area contributed by atoms with Crippen LogP contribution in [-0.4, -0.2) is 26.9 Å². The number of aryl methyl sites for hydroxylation is 1. The Balaban J connectivity index is 2.20. The van der Waals surface area contributed by atoms with Crippen molar-refractivity contribution in [2.45, 2.75) is 25.8 Å². The van der Waals surface area contributed by atoms with Crippen LogP contribution in [0.1, 0.15) is 18.4 Å². The van der Waals surface area contributed by atoms with Gasteiger partial charge in [0.1, 0.15) is 5.75 Å². The Labute approximate surface area is 117 Å². The maximum Gasteiger partial charge on any atom is 0.143 e. The van der Waals surface area contributed by atoms with E-state index in [1.165, 1.54) is 18.4 Å². The van der Waals surface area contributed by atoms with Gasteiger partial charge in [-0.1, -0.05) is 15.9 Å². The first-order valence-corrected chi connectivity index (χ1v) is 7.04. The zero-order valence-electron chi connectivity index (χ0n) is 11.1. The summed E-state index contributed by atoms with van der Waals surface area (Å²) in [5, 5.41) is 3.59. The quantitative estimate of drug-likeness (QED) is 0.870. The first-order valence-electron chi connectivity index (χ1n) is 6.25. The fourth-order valence-corrected chi connectivity index (χ4v) is 2.77. The van der Waals surface area contributed by atoms with Gasteiger partial charge in [0.15, 0.2) is 0 Å². The zero-order chi connectivity index (χ0) is 13.1. The summed E-state index contributed by atoms with van der Waals surface area (Å²) in [5.41, 5.74) is 2.26. The molecule has 1 aromatic rings. The summed E-state index contributed by atoms with van der Waals surface area (Å²) in [4.78, 5) is 0. The SMILES string of the molecule is COCC(Nc1c(C)cc(Br)cc1OC)C1CC1. The number of rotatable bonds is 6. The van der Waals surface area contributed by atoms with E-state index in [1.54, 1.807) is 14.2 Å². The fourth-order valence-electron chi connectivity index (χ4n) is 2.22.